The molecule has 2 aromatic carbocycles. The van der Waals surface area contributed by atoms with Gasteiger partial charge in [-0.3, -0.25) is 9.59 Å². The lowest BCUT2D eigenvalue weighted by Crippen LogP contribution is -2.52. The van der Waals surface area contributed by atoms with E-state index in [0.717, 1.165) is 16.0 Å². The van der Waals surface area contributed by atoms with Crippen molar-refractivity contribution >= 4 is 23.8 Å². The lowest BCUT2D eigenvalue weighted by Gasteiger charge is -2.35. The number of carboxylic acid groups (broad SMARTS) is 3. The number of ether oxygens (including phenoxy) is 3. The highest BCUT2D eigenvalue weighted by Crippen LogP contribution is 2.33. The minimum atomic E-state index is -3.06. The van der Waals surface area contributed by atoms with Gasteiger partial charge in [0.05, 0.1) is 6.61 Å². The molecule has 3 unspecified atom stereocenters. The number of aryl methyl sites for hydroxylation is 1. The van der Waals surface area contributed by atoms with Crippen molar-refractivity contribution in [1.29, 1.82) is 0 Å². The number of carbonyl (C=O) groups is 4. The summed E-state index contributed by atoms with van der Waals surface area (Å²) in [5.74, 6) is -8.58. The van der Waals surface area contributed by atoms with Gasteiger partial charge in [0.2, 0.25) is 5.88 Å². The topological polar surface area (TPSA) is 173 Å². The van der Waals surface area contributed by atoms with Crippen LogP contribution >= 0.6 is 0 Å². The van der Waals surface area contributed by atoms with Crippen molar-refractivity contribution in [2.45, 2.75) is 43.6 Å². The zero-order chi connectivity index (χ0) is 30.3. The highest BCUT2D eigenvalue weighted by molar-refractivity contribution is 6.01. The second-order valence-electron chi connectivity index (χ2n) is 9.71. The number of benzene rings is 2. The first kappa shape index (κ1) is 30.2. The van der Waals surface area contributed by atoms with Gasteiger partial charge in [-0.25, -0.2) is 14.6 Å². The fourth-order valence-corrected chi connectivity index (χ4v) is 4.83. The predicted molar refractivity (Wildman–Crippen MR) is 146 cm³/mol. The number of aromatic nitrogens is 1. The van der Waals surface area contributed by atoms with Crippen LogP contribution in [0.25, 0.3) is 0 Å². The van der Waals surface area contributed by atoms with Gasteiger partial charge in [-0.15, -0.1) is 0 Å². The van der Waals surface area contributed by atoms with E-state index in [4.69, 9.17) is 14.2 Å². The molecule has 0 spiro atoms. The molecule has 1 fully saturated rings. The van der Waals surface area contributed by atoms with Gasteiger partial charge in [0.15, 0.2) is 6.10 Å². The molecule has 1 aliphatic rings. The summed E-state index contributed by atoms with van der Waals surface area (Å²) in [4.78, 5) is 53.8. The fourth-order valence-electron chi connectivity index (χ4n) is 4.83. The van der Waals surface area contributed by atoms with Crippen molar-refractivity contribution in [3.05, 3.63) is 90.1 Å². The molecule has 1 aromatic heterocycles. The second kappa shape index (κ2) is 13.2. The van der Waals surface area contributed by atoms with Gasteiger partial charge in [-0.2, -0.15) is 0 Å². The Bertz CT molecular complexity index is 1380. The Morgan fingerprint density at radius 2 is 1.64 bits per heavy atom. The van der Waals surface area contributed by atoms with E-state index in [9.17, 15) is 34.5 Å². The summed E-state index contributed by atoms with van der Waals surface area (Å²) < 4.78 is 15.8. The first-order chi connectivity index (χ1) is 20.1. The zero-order valence-corrected chi connectivity index (χ0v) is 22.7. The summed E-state index contributed by atoms with van der Waals surface area (Å²) >= 11 is 0. The van der Waals surface area contributed by atoms with Crippen LogP contribution in [0.3, 0.4) is 0 Å². The summed E-state index contributed by atoms with van der Waals surface area (Å²) in [6.07, 6.45) is 1.10. The van der Waals surface area contributed by atoms with E-state index in [-0.39, 0.29) is 5.92 Å². The normalized spacial score (nSPS) is 17.1. The summed E-state index contributed by atoms with van der Waals surface area (Å²) in [5.41, 5.74) is 1.84. The monoisotopic (exact) mass is 578 g/mol. The minimum absolute atomic E-state index is 0.386. The maximum absolute atomic E-state index is 13.6. The lowest BCUT2D eigenvalue weighted by molar-refractivity contribution is -0.218. The molecule has 3 aromatic rings. The Labute approximate surface area is 241 Å². The zero-order valence-electron chi connectivity index (χ0n) is 22.7. The van der Waals surface area contributed by atoms with E-state index >= 15 is 0 Å². The van der Waals surface area contributed by atoms with Crippen LogP contribution in [-0.2, 0) is 35.1 Å². The molecule has 0 radical (unpaired) electrons. The largest absolute Gasteiger partial charge is 0.480 e. The van der Waals surface area contributed by atoms with Gasteiger partial charge < -0.3 is 34.4 Å². The predicted octanol–water partition coefficient (Wildman–Crippen LogP) is 3.17. The first-order valence-electron chi connectivity index (χ1n) is 13.1. The Kier molecular flexibility index (Phi) is 9.50. The van der Waals surface area contributed by atoms with Crippen LogP contribution < -0.4 is 4.74 Å². The molecule has 42 heavy (non-hydrogen) atoms. The van der Waals surface area contributed by atoms with Gasteiger partial charge in [0.1, 0.15) is 12.3 Å². The van der Waals surface area contributed by atoms with E-state index in [1.54, 1.807) is 43.5 Å². The van der Waals surface area contributed by atoms with Crippen LogP contribution in [0.15, 0.2) is 79.0 Å². The second-order valence-corrected chi connectivity index (χ2v) is 9.71. The molecule has 3 atom stereocenters. The third kappa shape index (κ3) is 6.90. The maximum Gasteiger partial charge on any atom is 0.377 e. The standard InChI is InChI=1S/C30H30N2O10/c1-19(32(17-26(33)34)27(35)24-18-40-30(42-24,28(36)37)29(38)39)23(15-10-20-7-3-2-4-8-20)21-11-13-22(14-12-21)41-25-9-5-6-16-31-25/h2-9,11-14,16,19,23-24H,10,15,17-18H2,1H3,(H,33,34)(H,36,37)(H,38,39). The first-order valence-corrected chi connectivity index (χ1v) is 13.1. The molecule has 2 heterocycles. The van der Waals surface area contributed by atoms with Crippen LogP contribution in [0, 0.1) is 0 Å². The van der Waals surface area contributed by atoms with Crippen LogP contribution in [0.4, 0.5) is 0 Å². The Hall–Kier alpha value is -4.81. The van der Waals surface area contributed by atoms with E-state index < -0.39 is 54.9 Å². The molecule has 220 valence electrons. The summed E-state index contributed by atoms with van der Waals surface area (Å²) in [5, 5.41) is 28.5. The number of rotatable bonds is 13. The van der Waals surface area contributed by atoms with E-state index in [1.165, 1.54) is 0 Å². The molecule has 1 saturated heterocycles. The van der Waals surface area contributed by atoms with E-state index in [1.807, 2.05) is 42.5 Å². The highest BCUT2D eigenvalue weighted by atomic mass is 16.8. The van der Waals surface area contributed by atoms with Gasteiger partial charge >= 0.3 is 23.7 Å². The smallest absolute Gasteiger partial charge is 0.377 e. The average molecular weight is 579 g/mol. The molecule has 1 aliphatic heterocycles. The number of amides is 1. The Balaban J connectivity index is 1.61. The summed E-state index contributed by atoms with van der Waals surface area (Å²) in [6, 6.07) is 21.3. The number of carboxylic acids is 3. The number of hydrogen-bond donors (Lipinski definition) is 3. The molecule has 12 nitrogen and oxygen atoms in total. The number of pyridine rings is 1. The maximum atomic E-state index is 13.6. The van der Waals surface area contributed by atoms with Gasteiger partial charge in [-0.05, 0) is 49.1 Å². The van der Waals surface area contributed by atoms with Crippen molar-refractivity contribution in [3.8, 4) is 11.6 Å². The third-order valence-corrected chi connectivity index (χ3v) is 7.00. The number of hydrogen-bond acceptors (Lipinski definition) is 8. The van der Waals surface area contributed by atoms with Crippen molar-refractivity contribution in [2.24, 2.45) is 0 Å². The molecule has 0 saturated carbocycles. The molecule has 1 amide bonds. The van der Waals surface area contributed by atoms with Gasteiger partial charge in [-0.1, -0.05) is 48.5 Å². The molecule has 0 aliphatic carbocycles. The lowest BCUT2D eigenvalue weighted by atomic mass is 9.85. The fraction of sp³-hybridized carbons (Fsp3) is 0.300. The summed E-state index contributed by atoms with van der Waals surface area (Å²) in [6.45, 7) is 0.288. The van der Waals surface area contributed by atoms with Crippen molar-refractivity contribution in [1.82, 2.24) is 9.88 Å². The molecular weight excluding hydrogens is 548 g/mol. The van der Waals surface area contributed by atoms with Crippen molar-refractivity contribution < 1.29 is 48.7 Å². The Morgan fingerprint density at radius 3 is 2.21 bits per heavy atom. The van der Waals surface area contributed by atoms with Crippen molar-refractivity contribution in [3.63, 3.8) is 0 Å². The minimum Gasteiger partial charge on any atom is -0.480 e. The van der Waals surface area contributed by atoms with Crippen LogP contribution in [0.2, 0.25) is 0 Å². The van der Waals surface area contributed by atoms with Crippen LogP contribution in [0.5, 0.6) is 11.6 Å². The third-order valence-electron chi connectivity index (χ3n) is 7.00. The molecular formula is C30H30N2O10. The number of carbonyl (C=O) groups excluding carboxylic acids is 1. The molecule has 3 N–H and O–H groups in total. The van der Waals surface area contributed by atoms with E-state index in [0.29, 0.717) is 24.5 Å². The Morgan fingerprint density at radius 1 is 0.976 bits per heavy atom. The molecule has 12 heteroatoms. The van der Waals surface area contributed by atoms with Crippen molar-refractivity contribution in [2.75, 3.05) is 13.2 Å². The number of nitrogens with zero attached hydrogens (tertiary/aromatic N) is 2. The average Bonchev–Trinajstić information content (AvgIpc) is 3.45. The van der Waals surface area contributed by atoms with Crippen LogP contribution in [-0.4, -0.2) is 80.1 Å². The van der Waals surface area contributed by atoms with Gasteiger partial charge in [0, 0.05) is 24.2 Å². The van der Waals surface area contributed by atoms with Gasteiger partial charge in [0.25, 0.3) is 5.91 Å². The quantitative estimate of drug-likeness (QED) is 0.254. The van der Waals surface area contributed by atoms with E-state index in [2.05, 4.69) is 4.98 Å². The van der Waals surface area contributed by atoms with Crippen LogP contribution in [0.1, 0.15) is 30.4 Å². The molecule has 0 bridgehead atoms. The highest BCUT2D eigenvalue weighted by Gasteiger charge is 2.58. The SMILES string of the molecule is CC(C(CCc1ccccc1)c1ccc(Oc2ccccn2)cc1)N(CC(=O)O)C(=O)C1COC(C(=O)O)(C(=O)O)O1. The summed E-state index contributed by atoms with van der Waals surface area (Å²) in [7, 11) is 0. The molecule has 4 rings (SSSR count). The number of aliphatic carboxylic acids is 3.